The zero-order valence-corrected chi connectivity index (χ0v) is 16.6. The van der Waals surface area contributed by atoms with Crippen LogP contribution in [-0.4, -0.2) is 21.6 Å². The molecule has 4 nitrogen and oxygen atoms in total. The maximum atomic E-state index is 12.1. The number of hydrogen-bond donors (Lipinski definition) is 1. The summed E-state index contributed by atoms with van der Waals surface area (Å²) in [5.74, 6) is 1.03. The molecule has 3 aromatic rings. The van der Waals surface area contributed by atoms with Crippen LogP contribution in [0.4, 0.5) is 5.13 Å². The van der Waals surface area contributed by atoms with Crippen LogP contribution in [0.1, 0.15) is 21.7 Å². The van der Waals surface area contributed by atoms with Gasteiger partial charge in [0, 0.05) is 34.5 Å². The van der Waals surface area contributed by atoms with Gasteiger partial charge in [-0.05, 0) is 30.2 Å². The number of amides is 1. The van der Waals surface area contributed by atoms with Crippen LogP contribution in [0.25, 0.3) is 0 Å². The zero-order valence-electron chi connectivity index (χ0n) is 14.2. The molecular weight excluding hydrogens is 386 g/mol. The molecule has 0 radical (unpaired) electrons. The minimum atomic E-state index is -0.0552. The summed E-state index contributed by atoms with van der Waals surface area (Å²) in [4.78, 5) is 21.7. The van der Waals surface area contributed by atoms with Gasteiger partial charge in [-0.25, -0.2) is 4.98 Å². The third-order valence-electron chi connectivity index (χ3n) is 3.65. The van der Waals surface area contributed by atoms with E-state index < -0.39 is 0 Å². The Kier molecular flexibility index (Phi) is 6.66. The molecule has 0 fully saturated rings. The Bertz CT molecular complexity index is 884. The van der Waals surface area contributed by atoms with Crippen molar-refractivity contribution in [2.75, 3.05) is 11.1 Å². The molecule has 26 heavy (non-hydrogen) atoms. The number of nitrogens with zero attached hydrogens (tertiary/aromatic N) is 2. The van der Waals surface area contributed by atoms with E-state index in [0.717, 1.165) is 26.7 Å². The van der Waals surface area contributed by atoms with Crippen molar-refractivity contribution in [1.82, 2.24) is 9.97 Å². The maximum Gasteiger partial charge on any atom is 0.236 e. The van der Waals surface area contributed by atoms with Crippen LogP contribution < -0.4 is 5.32 Å². The van der Waals surface area contributed by atoms with Gasteiger partial charge in [0.2, 0.25) is 5.91 Å². The molecule has 1 amide bonds. The van der Waals surface area contributed by atoms with E-state index in [9.17, 15) is 4.79 Å². The summed E-state index contributed by atoms with van der Waals surface area (Å²) in [5.41, 5.74) is 3.10. The second-order valence-electron chi connectivity index (χ2n) is 5.72. The quantitative estimate of drug-likeness (QED) is 0.605. The Balaban J connectivity index is 1.50. The van der Waals surface area contributed by atoms with E-state index in [-0.39, 0.29) is 5.91 Å². The first-order chi connectivity index (χ1) is 12.6. The highest BCUT2D eigenvalue weighted by atomic mass is 35.5. The smallest absolute Gasteiger partial charge is 0.236 e. The van der Waals surface area contributed by atoms with Gasteiger partial charge in [-0.1, -0.05) is 35.9 Å². The average Bonchev–Trinajstić information content (AvgIpc) is 3.07. The number of aryl methyl sites for hydroxylation is 1. The lowest BCUT2D eigenvalue weighted by Crippen LogP contribution is -2.13. The molecular formula is C19H18ClN3OS2. The number of halogens is 1. The molecule has 7 heteroatoms. The molecule has 1 N–H and O–H groups in total. The van der Waals surface area contributed by atoms with Crippen molar-refractivity contribution in [3.63, 3.8) is 0 Å². The number of carbonyl (C=O) groups excluding carboxylic acids is 1. The molecule has 0 spiro atoms. The lowest BCUT2D eigenvalue weighted by atomic mass is 10.1. The van der Waals surface area contributed by atoms with Crippen molar-refractivity contribution in [2.45, 2.75) is 19.1 Å². The van der Waals surface area contributed by atoms with E-state index in [2.05, 4.69) is 15.3 Å². The number of nitrogens with one attached hydrogen (secondary N) is 1. The number of anilines is 1. The van der Waals surface area contributed by atoms with Crippen molar-refractivity contribution in [3.05, 3.63) is 75.5 Å². The summed E-state index contributed by atoms with van der Waals surface area (Å²) >= 11 is 9.36. The van der Waals surface area contributed by atoms with Crippen LogP contribution in [0.3, 0.4) is 0 Å². The summed E-state index contributed by atoms with van der Waals surface area (Å²) in [7, 11) is 0. The van der Waals surface area contributed by atoms with Crippen molar-refractivity contribution in [1.29, 1.82) is 0 Å². The van der Waals surface area contributed by atoms with E-state index in [1.807, 2.05) is 43.3 Å². The van der Waals surface area contributed by atoms with Crippen LogP contribution in [0.15, 0.2) is 48.8 Å². The van der Waals surface area contributed by atoms with Gasteiger partial charge in [0.1, 0.15) is 0 Å². The van der Waals surface area contributed by atoms with Gasteiger partial charge in [-0.2, -0.15) is 0 Å². The molecule has 1 aromatic carbocycles. The Morgan fingerprint density at radius 3 is 2.92 bits per heavy atom. The molecule has 0 atom stereocenters. The van der Waals surface area contributed by atoms with Gasteiger partial charge in [0.25, 0.3) is 0 Å². The SMILES string of the molecule is Cc1cccc(Cc2cnc(NC(=O)CSCc3ccccn3)s2)c1Cl. The first-order valence-corrected chi connectivity index (χ1v) is 10.4. The average molecular weight is 404 g/mol. The second kappa shape index (κ2) is 9.16. The van der Waals surface area contributed by atoms with Crippen LogP contribution >= 0.6 is 34.7 Å². The first-order valence-electron chi connectivity index (χ1n) is 8.08. The third-order valence-corrected chi connectivity index (χ3v) is 6.07. The number of thioether (sulfide) groups is 1. The number of aromatic nitrogens is 2. The summed E-state index contributed by atoms with van der Waals surface area (Å²) in [5, 5.41) is 4.26. The molecule has 2 heterocycles. The monoisotopic (exact) mass is 403 g/mol. The fourth-order valence-electron chi connectivity index (χ4n) is 2.37. The summed E-state index contributed by atoms with van der Waals surface area (Å²) in [6, 6.07) is 11.8. The Morgan fingerprint density at radius 1 is 1.23 bits per heavy atom. The van der Waals surface area contributed by atoms with E-state index in [1.165, 1.54) is 23.1 Å². The van der Waals surface area contributed by atoms with Crippen molar-refractivity contribution in [3.8, 4) is 0 Å². The summed E-state index contributed by atoms with van der Waals surface area (Å²) in [6.07, 6.45) is 4.26. The highest BCUT2D eigenvalue weighted by Crippen LogP contribution is 2.26. The molecule has 0 saturated carbocycles. The maximum absolute atomic E-state index is 12.1. The van der Waals surface area contributed by atoms with Gasteiger partial charge in [-0.15, -0.1) is 23.1 Å². The van der Waals surface area contributed by atoms with E-state index in [0.29, 0.717) is 23.1 Å². The van der Waals surface area contributed by atoms with Crippen LogP contribution in [0.5, 0.6) is 0 Å². The normalized spacial score (nSPS) is 10.7. The number of thiazole rings is 1. The van der Waals surface area contributed by atoms with Gasteiger partial charge in [0.15, 0.2) is 5.13 Å². The molecule has 2 aromatic heterocycles. The summed E-state index contributed by atoms with van der Waals surface area (Å²) in [6.45, 7) is 1.99. The third kappa shape index (κ3) is 5.30. The predicted molar refractivity (Wildman–Crippen MR) is 110 cm³/mol. The molecule has 0 aliphatic heterocycles. The van der Waals surface area contributed by atoms with Crippen molar-refractivity contribution < 1.29 is 4.79 Å². The highest BCUT2D eigenvalue weighted by molar-refractivity contribution is 7.99. The second-order valence-corrected chi connectivity index (χ2v) is 8.20. The lowest BCUT2D eigenvalue weighted by molar-refractivity contribution is -0.113. The topological polar surface area (TPSA) is 54.9 Å². The van der Waals surface area contributed by atoms with Crippen molar-refractivity contribution >= 4 is 45.7 Å². The first kappa shape index (κ1) is 18.9. The van der Waals surface area contributed by atoms with Gasteiger partial charge in [-0.3, -0.25) is 9.78 Å². The number of benzene rings is 1. The molecule has 0 aliphatic carbocycles. The molecule has 134 valence electrons. The van der Waals surface area contributed by atoms with Crippen LogP contribution in [0.2, 0.25) is 5.02 Å². The van der Waals surface area contributed by atoms with Crippen LogP contribution in [0, 0.1) is 6.92 Å². The van der Waals surface area contributed by atoms with Gasteiger partial charge in [0.05, 0.1) is 11.4 Å². The van der Waals surface area contributed by atoms with Gasteiger partial charge >= 0.3 is 0 Å². The predicted octanol–water partition coefficient (Wildman–Crippen LogP) is 4.96. The molecule has 3 rings (SSSR count). The van der Waals surface area contributed by atoms with Crippen LogP contribution in [-0.2, 0) is 17.0 Å². The fraction of sp³-hybridized carbons (Fsp3) is 0.211. The largest absolute Gasteiger partial charge is 0.301 e. The molecule has 0 unspecified atom stereocenters. The molecule has 0 bridgehead atoms. The van der Waals surface area contributed by atoms with Gasteiger partial charge < -0.3 is 5.32 Å². The van der Waals surface area contributed by atoms with E-state index in [1.54, 1.807) is 12.4 Å². The standard InChI is InChI=1S/C19H18ClN3OS2/c1-13-5-4-6-14(18(13)20)9-16-10-22-19(26-16)23-17(24)12-25-11-15-7-2-3-8-21-15/h2-8,10H,9,11-12H2,1H3,(H,22,23,24). The Morgan fingerprint density at radius 2 is 2.12 bits per heavy atom. The zero-order chi connectivity index (χ0) is 18.4. The van der Waals surface area contributed by atoms with E-state index in [4.69, 9.17) is 11.6 Å². The van der Waals surface area contributed by atoms with Crippen molar-refractivity contribution in [2.24, 2.45) is 0 Å². The fourth-order valence-corrected chi connectivity index (χ4v) is 4.15. The van der Waals surface area contributed by atoms with E-state index >= 15 is 0 Å². The molecule has 0 aliphatic rings. The Hall–Kier alpha value is -1.89. The number of pyridine rings is 1. The highest BCUT2D eigenvalue weighted by Gasteiger charge is 2.10. The minimum absolute atomic E-state index is 0.0552. The Labute approximate surface area is 166 Å². The number of rotatable bonds is 7. The number of hydrogen-bond acceptors (Lipinski definition) is 5. The minimum Gasteiger partial charge on any atom is -0.301 e. The molecule has 0 saturated heterocycles. The number of carbonyl (C=O) groups is 1. The summed E-state index contributed by atoms with van der Waals surface area (Å²) < 4.78 is 0. The lowest BCUT2D eigenvalue weighted by Gasteiger charge is -2.04.